The Bertz CT molecular complexity index is 9.61. The minimum absolute atomic E-state index is 0. The zero-order chi connectivity index (χ0) is 2.71. The smallest absolute Gasteiger partial charge is 0.0261 e. The van der Waals surface area contributed by atoms with Gasteiger partial charge in [-0.3, -0.25) is 0 Å². The van der Waals surface area contributed by atoms with Crippen LogP contribution in [0.5, 0.6) is 0 Å². The van der Waals surface area contributed by atoms with Crippen molar-refractivity contribution in [3.8, 4) is 0 Å². The third kappa shape index (κ3) is 18.8. The van der Waals surface area contributed by atoms with Crippen LogP contribution >= 0.6 is 31.6 Å². The Labute approximate surface area is 103 Å². The van der Waals surface area contributed by atoms with Crippen LogP contribution in [-0.2, 0) is 0 Å². The largest absolute Gasteiger partial charge is 0.0523 e. The van der Waals surface area contributed by atoms with Crippen molar-refractivity contribution in [3.63, 3.8) is 0 Å². The summed E-state index contributed by atoms with van der Waals surface area (Å²) in [6.45, 7) is 0. The molecule has 0 aromatic rings. The molecule has 0 N–H and O–H groups in total. The maximum absolute atomic E-state index is 4.68. The standard InChI is InChI=1S/Cl2S.K.Mg/c1-3-2;;. The van der Waals surface area contributed by atoms with E-state index >= 15 is 0 Å². The Morgan fingerprint density at radius 3 is 1.20 bits per heavy atom. The van der Waals surface area contributed by atoms with E-state index in [-0.39, 0.29) is 74.4 Å². The molecule has 0 aromatic carbocycles. The molecule has 23 valence electrons. The van der Waals surface area contributed by atoms with Gasteiger partial charge in [0, 0.05) is 74.4 Å². The van der Waals surface area contributed by atoms with E-state index in [0.717, 1.165) is 0 Å². The third-order valence-electron chi connectivity index (χ3n) is 0. The van der Waals surface area contributed by atoms with Crippen molar-refractivity contribution in [1.29, 1.82) is 0 Å². The molecule has 0 rings (SSSR count). The average molecular weight is 166 g/mol. The summed E-state index contributed by atoms with van der Waals surface area (Å²) < 4.78 is 0. The zero-order valence-electron chi connectivity index (χ0n) is 2.87. The fraction of sp³-hybridized carbons (Fsp3) is 0. The maximum Gasteiger partial charge on any atom is 0.0523 e. The summed E-state index contributed by atoms with van der Waals surface area (Å²) in [5.41, 5.74) is 0. The van der Waals surface area contributed by atoms with E-state index in [1.165, 1.54) is 0 Å². The Kier molecular flexibility index (Phi) is 49.4. The maximum atomic E-state index is 4.68. The number of halogens is 2. The second kappa shape index (κ2) is 15.7. The summed E-state index contributed by atoms with van der Waals surface area (Å²) >= 11 is 0. The molecule has 0 heterocycles. The average Bonchev–Trinajstić information content (AvgIpc) is 0.918. The Morgan fingerprint density at radius 1 is 1.20 bits per heavy atom. The molecular weight excluding hydrogens is 166 g/mol. The molecule has 0 aliphatic carbocycles. The van der Waals surface area contributed by atoms with E-state index in [4.69, 9.17) is 0 Å². The van der Waals surface area contributed by atoms with Crippen molar-refractivity contribution >= 4 is 106 Å². The quantitative estimate of drug-likeness (QED) is 0.488. The molecule has 0 saturated heterocycles. The van der Waals surface area contributed by atoms with E-state index < -0.39 is 0 Å². The van der Waals surface area contributed by atoms with E-state index in [9.17, 15) is 0 Å². The first kappa shape index (κ1) is 15.8. The molecule has 0 saturated carbocycles. The van der Waals surface area contributed by atoms with Gasteiger partial charge in [-0.1, -0.05) is 0 Å². The van der Waals surface area contributed by atoms with Crippen LogP contribution in [0.25, 0.3) is 0 Å². The van der Waals surface area contributed by atoms with Crippen molar-refractivity contribution in [2.45, 2.75) is 0 Å². The summed E-state index contributed by atoms with van der Waals surface area (Å²) in [5, 5.41) is 0. The van der Waals surface area contributed by atoms with E-state index in [0.29, 0.717) is 10.2 Å². The van der Waals surface area contributed by atoms with Gasteiger partial charge in [0.1, 0.15) is 0 Å². The number of hydrogen-bond acceptors (Lipinski definition) is 1. The first-order valence-corrected chi connectivity index (χ1v) is 2.78. The van der Waals surface area contributed by atoms with E-state index in [1.54, 1.807) is 0 Å². The zero-order valence-corrected chi connectivity index (χ0v) is 9.74. The molecule has 0 aliphatic rings. The van der Waals surface area contributed by atoms with Gasteiger partial charge >= 0.3 is 0 Å². The van der Waals surface area contributed by atoms with Crippen LogP contribution in [-0.4, -0.2) is 74.4 Å². The minimum atomic E-state index is 0. The van der Waals surface area contributed by atoms with Gasteiger partial charge in [-0.2, -0.15) is 0 Å². The normalized spacial score (nSPS) is 3.60. The van der Waals surface area contributed by atoms with Crippen molar-refractivity contribution in [3.05, 3.63) is 0 Å². The monoisotopic (exact) mass is 165 g/mol. The van der Waals surface area contributed by atoms with E-state index in [2.05, 4.69) is 21.4 Å². The Balaban J connectivity index is -0.0000000200. The van der Waals surface area contributed by atoms with Crippen LogP contribution in [0.2, 0.25) is 0 Å². The van der Waals surface area contributed by atoms with Crippen LogP contribution in [0.1, 0.15) is 0 Å². The molecule has 3 radical (unpaired) electrons. The summed E-state index contributed by atoms with van der Waals surface area (Å²) in [4.78, 5) is 0. The molecule has 5 heteroatoms. The molecule has 0 atom stereocenters. The SMILES string of the molecule is ClSCl.[K].[Mg]. The van der Waals surface area contributed by atoms with Gasteiger partial charge in [-0.05, 0) is 21.4 Å². The summed E-state index contributed by atoms with van der Waals surface area (Å²) in [7, 11) is 10.1. The predicted molar refractivity (Wildman–Crippen MR) is 30.8 cm³/mol. The van der Waals surface area contributed by atoms with Crippen molar-refractivity contribution in [2.75, 3.05) is 0 Å². The molecule has 0 fully saturated rings. The van der Waals surface area contributed by atoms with Gasteiger partial charge in [-0.15, -0.1) is 0 Å². The van der Waals surface area contributed by atoms with Crippen LogP contribution in [0.4, 0.5) is 0 Å². The number of hydrogen-bond donors (Lipinski definition) is 0. The summed E-state index contributed by atoms with van der Waals surface area (Å²) in [6, 6.07) is 0. The Hall–Kier alpha value is 3.33. The molecule has 0 spiro atoms. The van der Waals surface area contributed by atoms with Gasteiger partial charge in [0.05, 0.1) is 10.2 Å². The molecule has 0 amide bonds. The van der Waals surface area contributed by atoms with E-state index in [1.807, 2.05) is 0 Å². The van der Waals surface area contributed by atoms with Crippen LogP contribution in [0.3, 0.4) is 0 Å². The van der Waals surface area contributed by atoms with Gasteiger partial charge in [-0.25, -0.2) is 0 Å². The van der Waals surface area contributed by atoms with Gasteiger partial charge < -0.3 is 0 Å². The molecular formula is Cl2KMgS. The first-order valence-electron chi connectivity index (χ1n) is 0.309. The van der Waals surface area contributed by atoms with Gasteiger partial charge in [0.2, 0.25) is 0 Å². The van der Waals surface area contributed by atoms with Crippen LogP contribution in [0, 0.1) is 0 Å². The molecule has 0 bridgehead atoms. The topological polar surface area (TPSA) is 0 Å². The molecule has 0 nitrogen and oxygen atoms in total. The molecule has 5 heavy (non-hydrogen) atoms. The predicted octanol–water partition coefficient (Wildman–Crippen LogP) is 1.27. The van der Waals surface area contributed by atoms with Crippen molar-refractivity contribution in [1.82, 2.24) is 0 Å². The van der Waals surface area contributed by atoms with Gasteiger partial charge in [0.25, 0.3) is 0 Å². The summed E-state index contributed by atoms with van der Waals surface area (Å²) in [5.74, 6) is 0. The molecule has 0 unspecified atom stereocenters. The number of rotatable bonds is 0. The second-order valence-electron chi connectivity index (χ2n) is 0.0583. The third-order valence-corrected chi connectivity index (χ3v) is 0. The summed E-state index contributed by atoms with van der Waals surface area (Å²) in [6.07, 6.45) is 0. The van der Waals surface area contributed by atoms with Crippen molar-refractivity contribution in [2.24, 2.45) is 0 Å². The first-order chi connectivity index (χ1) is 1.41. The van der Waals surface area contributed by atoms with Crippen LogP contribution < -0.4 is 0 Å². The fourth-order valence-corrected chi connectivity index (χ4v) is 0. The molecule has 0 aromatic heterocycles. The fourth-order valence-electron chi connectivity index (χ4n) is 0. The second-order valence-corrected chi connectivity index (χ2v) is 1.57. The molecule has 0 aliphatic heterocycles. The van der Waals surface area contributed by atoms with Crippen LogP contribution in [0.15, 0.2) is 0 Å². The van der Waals surface area contributed by atoms with Gasteiger partial charge in [0.15, 0.2) is 0 Å². The Morgan fingerprint density at radius 2 is 1.20 bits per heavy atom. The van der Waals surface area contributed by atoms with Crippen molar-refractivity contribution < 1.29 is 0 Å². The minimum Gasteiger partial charge on any atom is -0.0261 e.